The van der Waals surface area contributed by atoms with Crippen LogP contribution in [0.3, 0.4) is 0 Å². The Hall–Kier alpha value is -3.32. The Balaban J connectivity index is 1.45. The van der Waals surface area contributed by atoms with Gasteiger partial charge in [-0.1, -0.05) is 27.7 Å². The Labute approximate surface area is 232 Å². The average molecular weight is 543 g/mol. The zero-order chi connectivity index (χ0) is 28.0. The van der Waals surface area contributed by atoms with Gasteiger partial charge in [-0.3, -0.25) is 4.98 Å². The summed E-state index contributed by atoms with van der Waals surface area (Å²) in [6.07, 6.45) is 2.57. The Morgan fingerprint density at radius 1 is 1.23 bits per heavy atom. The normalized spacial score (nSPS) is 18.6. The standard InChI is InChI=1S/C30H38N6O2Si/c1-19-26(14-22-16-37-11-9-25(22)34-19)36-28-32-10-8-24(35-28)20-12-21(15-31)27-23(13-20)30(5,17-33-27)18-38-39(6,7)29(2,3)4/h8,10,12-14,33H,9,11,16-18H2,1-7H3,(H,32,35,36)/t30-/m1/s1. The molecule has 5 rings (SSSR count). The quantitative estimate of drug-likeness (QED) is 0.353. The van der Waals surface area contributed by atoms with Crippen molar-refractivity contribution in [2.45, 2.75) is 71.2 Å². The number of rotatable bonds is 6. The summed E-state index contributed by atoms with van der Waals surface area (Å²) >= 11 is 0. The monoisotopic (exact) mass is 542 g/mol. The number of hydrogen-bond acceptors (Lipinski definition) is 8. The van der Waals surface area contributed by atoms with Crippen molar-refractivity contribution in [3.63, 3.8) is 0 Å². The Kier molecular flexibility index (Phi) is 7.00. The lowest BCUT2D eigenvalue weighted by molar-refractivity contribution is 0.109. The molecule has 2 N–H and O–H groups in total. The van der Waals surface area contributed by atoms with Gasteiger partial charge in [-0.05, 0) is 54.9 Å². The molecule has 1 atom stereocenters. The Morgan fingerprint density at radius 2 is 2.03 bits per heavy atom. The largest absolute Gasteiger partial charge is 0.416 e. The van der Waals surface area contributed by atoms with Gasteiger partial charge < -0.3 is 19.8 Å². The number of fused-ring (bicyclic) bond motifs is 2. The van der Waals surface area contributed by atoms with E-state index in [9.17, 15) is 5.26 Å². The first-order valence-electron chi connectivity index (χ1n) is 13.5. The fraction of sp³-hybridized carbons (Fsp3) is 0.467. The third-order valence-corrected chi connectivity index (χ3v) is 12.9. The second kappa shape index (κ2) is 10.0. The molecule has 0 amide bonds. The summed E-state index contributed by atoms with van der Waals surface area (Å²) in [5, 5.41) is 17.0. The van der Waals surface area contributed by atoms with Gasteiger partial charge in [0, 0.05) is 48.0 Å². The molecule has 39 heavy (non-hydrogen) atoms. The highest BCUT2D eigenvalue weighted by atomic mass is 28.4. The second-order valence-electron chi connectivity index (χ2n) is 12.4. The highest BCUT2D eigenvalue weighted by Crippen LogP contribution is 2.44. The maximum absolute atomic E-state index is 10.0. The van der Waals surface area contributed by atoms with Gasteiger partial charge >= 0.3 is 0 Å². The van der Waals surface area contributed by atoms with E-state index in [4.69, 9.17) is 19.1 Å². The molecule has 2 aliphatic heterocycles. The first kappa shape index (κ1) is 27.3. The van der Waals surface area contributed by atoms with Crippen molar-refractivity contribution in [3.8, 4) is 17.3 Å². The minimum Gasteiger partial charge on any atom is -0.416 e. The molecule has 8 nitrogen and oxygen atoms in total. The molecule has 0 spiro atoms. The molecule has 9 heteroatoms. The number of anilines is 3. The van der Waals surface area contributed by atoms with Gasteiger partial charge in [0.25, 0.3) is 0 Å². The number of nitriles is 1. The van der Waals surface area contributed by atoms with Gasteiger partial charge in [0.05, 0.1) is 41.5 Å². The third kappa shape index (κ3) is 5.29. The Bertz CT molecular complexity index is 1460. The molecule has 0 aliphatic carbocycles. The predicted octanol–water partition coefficient (Wildman–Crippen LogP) is 6.24. The van der Waals surface area contributed by atoms with E-state index in [0.717, 1.165) is 58.1 Å². The van der Waals surface area contributed by atoms with E-state index in [0.29, 0.717) is 31.3 Å². The zero-order valence-electron chi connectivity index (χ0n) is 24.0. The molecule has 1 aromatic carbocycles. The van der Waals surface area contributed by atoms with Gasteiger partial charge in [0.15, 0.2) is 8.32 Å². The van der Waals surface area contributed by atoms with E-state index >= 15 is 0 Å². The molecule has 2 aliphatic rings. The minimum absolute atomic E-state index is 0.126. The minimum atomic E-state index is -1.93. The van der Waals surface area contributed by atoms with Crippen molar-refractivity contribution >= 4 is 25.6 Å². The molecule has 0 saturated heterocycles. The molecule has 0 bridgehead atoms. The lowest BCUT2D eigenvalue weighted by Crippen LogP contribution is -2.45. The van der Waals surface area contributed by atoms with Crippen molar-refractivity contribution in [2.24, 2.45) is 0 Å². The summed E-state index contributed by atoms with van der Waals surface area (Å²) in [6.45, 7) is 18.1. The van der Waals surface area contributed by atoms with Crippen LogP contribution < -0.4 is 10.6 Å². The van der Waals surface area contributed by atoms with E-state index in [1.165, 1.54) is 0 Å². The van der Waals surface area contributed by atoms with E-state index in [2.05, 4.69) is 74.6 Å². The van der Waals surface area contributed by atoms with Gasteiger partial charge in [-0.2, -0.15) is 5.26 Å². The number of hydrogen-bond donors (Lipinski definition) is 2. The molecule has 0 radical (unpaired) electrons. The maximum atomic E-state index is 10.0. The molecule has 0 unspecified atom stereocenters. The molecular formula is C30H38N6O2Si. The van der Waals surface area contributed by atoms with Crippen LogP contribution in [0.4, 0.5) is 17.3 Å². The highest BCUT2D eigenvalue weighted by molar-refractivity contribution is 6.74. The molecule has 4 heterocycles. The van der Waals surface area contributed by atoms with Gasteiger partial charge in [0.1, 0.15) is 6.07 Å². The van der Waals surface area contributed by atoms with Crippen LogP contribution in [-0.4, -0.2) is 43.0 Å². The highest BCUT2D eigenvalue weighted by Gasteiger charge is 2.42. The molecule has 2 aromatic heterocycles. The van der Waals surface area contributed by atoms with Crippen molar-refractivity contribution in [1.82, 2.24) is 15.0 Å². The second-order valence-corrected chi connectivity index (χ2v) is 17.3. The number of aryl methyl sites for hydroxylation is 1. The van der Waals surface area contributed by atoms with E-state index < -0.39 is 8.32 Å². The fourth-order valence-electron chi connectivity index (χ4n) is 4.82. The molecular weight excluding hydrogens is 504 g/mol. The number of ether oxygens (including phenoxy) is 1. The average Bonchev–Trinajstić information content (AvgIpc) is 3.24. The first-order chi connectivity index (χ1) is 18.4. The number of benzene rings is 1. The van der Waals surface area contributed by atoms with Crippen LogP contribution in [0.5, 0.6) is 0 Å². The van der Waals surface area contributed by atoms with E-state index in [-0.39, 0.29) is 10.5 Å². The van der Waals surface area contributed by atoms with Crippen LogP contribution in [0.1, 0.15) is 55.8 Å². The molecule has 204 valence electrons. The van der Waals surface area contributed by atoms with Crippen LogP contribution in [0.15, 0.2) is 30.5 Å². The molecule has 0 saturated carbocycles. The maximum Gasteiger partial charge on any atom is 0.227 e. The van der Waals surface area contributed by atoms with Crippen molar-refractivity contribution in [3.05, 3.63) is 58.5 Å². The number of aromatic nitrogens is 3. The lowest BCUT2D eigenvalue weighted by Gasteiger charge is -2.39. The van der Waals surface area contributed by atoms with E-state index in [1.807, 2.05) is 19.1 Å². The van der Waals surface area contributed by atoms with Crippen LogP contribution in [0.2, 0.25) is 18.1 Å². The summed E-state index contributed by atoms with van der Waals surface area (Å²) in [7, 11) is -1.93. The predicted molar refractivity (Wildman–Crippen MR) is 157 cm³/mol. The summed E-state index contributed by atoms with van der Waals surface area (Å²) in [4.78, 5) is 14.1. The topological polar surface area (TPSA) is 105 Å². The lowest BCUT2D eigenvalue weighted by atomic mass is 9.83. The van der Waals surface area contributed by atoms with Crippen molar-refractivity contribution < 1.29 is 9.16 Å². The summed E-state index contributed by atoms with van der Waals surface area (Å²) in [5.74, 6) is 0.482. The first-order valence-corrected chi connectivity index (χ1v) is 16.5. The van der Waals surface area contributed by atoms with Crippen LogP contribution >= 0.6 is 0 Å². The number of pyridine rings is 1. The summed E-state index contributed by atoms with van der Waals surface area (Å²) < 4.78 is 12.3. The van der Waals surface area contributed by atoms with Crippen LogP contribution in [0.25, 0.3) is 11.3 Å². The van der Waals surface area contributed by atoms with Crippen molar-refractivity contribution in [1.29, 1.82) is 5.26 Å². The van der Waals surface area contributed by atoms with E-state index in [1.54, 1.807) is 6.20 Å². The summed E-state index contributed by atoms with van der Waals surface area (Å²) in [5.41, 5.74) is 7.93. The van der Waals surface area contributed by atoms with Gasteiger partial charge in [0.2, 0.25) is 5.95 Å². The molecule has 3 aromatic rings. The van der Waals surface area contributed by atoms with Crippen LogP contribution in [0, 0.1) is 18.3 Å². The fourth-order valence-corrected chi connectivity index (χ4v) is 5.94. The SMILES string of the molecule is Cc1nc2c(cc1Nc1nccc(-c3cc(C#N)c4c(c3)[C@@](C)(CO[Si](C)(C)C(C)(C)C)CN4)n1)COCC2. The van der Waals surface area contributed by atoms with Gasteiger partial charge in [-0.25, -0.2) is 9.97 Å². The van der Waals surface area contributed by atoms with Crippen LogP contribution in [-0.2, 0) is 27.6 Å². The van der Waals surface area contributed by atoms with Gasteiger partial charge in [-0.15, -0.1) is 0 Å². The van der Waals surface area contributed by atoms with Crippen molar-refractivity contribution in [2.75, 3.05) is 30.4 Å². The zero-order valence-corrected chi connectivity index (χ0v) is 25.0. The summed E-state index contributed by atoms with van der Waals surface area (Å²) in [6, 6.07) is 10.4. The number of nitrogens with zero attached hydrogens (tertiary/aromatic N) is 4. The number of nitrogens with one attached hydrogen (secondary N) is 2. The third-order valence-electron chi connectivity index (χ3n) is 8.44. The molecule has 0 fully saturated rings. The smallest absolute Gasteiger partial charge is 0.227 e. The Morgan fingerprint density at radius 3 is 2.77 bits per heavy atom.